The van der Waals surface area contributed by atoms with Gasteiger partial charge >= 0.3 is 0 Å². The second-order valence-corrected chi connectivity index (χ2v) is 6.36. The Hall–Kier alpha value is -1.28. The Bertz CT molecular complexity index is 514. The fourth-order valence-electron chi connectivity index (χ4n) is 2.64. The summed E-state index contributed by atoms with van der Waals surface area (Å²) in [5.41, 5.74) is 2.78. The molecular weight excluding hydrogens is 250 g/mol. The van der Waals surface area contributed by atoms with Crippen LogP contribution in [0, 0.1) is 5.92 Å². The topological polar surface area (TPSA) is 12.0 Å². The van der Waals surface area contributed by atoms with Crippen molar-refractivity contribution < 1.29 is 0 Å². The van der Waals surface area contributed by atoms with Crippen molar-refractivity contribution in [1.29, 1.82) is 0 Å². The van der Waals surface area contributed by atoms with Gasteiger partial charge in [-0.25, -0.2) is 0 Å². The van der Waals surface area contributed by atoms with Crippen LogP contribution in [0.25, 0.3) is 0 Å². The molecule has 19 heavy (non-hydrogen) atoms. The quantitative estimate of drug-likeness (QED) is 0.755. The first kappa shape index (κ1) is 12.7. The first-order chi connectivity index (χ1) is 9.38. The Labute approximate surface area is 119 Å². The van der Waals surface area contributed by atoms with Gasteiger partial charge < -0.3 is 5.32 Å². The molecular formula is C17H21NS. The lowest BCUT2D eigenvalue weighted by atomic mass is 10.1. The van der Waals surface area contributed by atoms with Crippen LogP contribution < -0.4 is 5.32 Å². The maximum Gasteiger partial charge on any atom is 0.0634 e. The van der Waals surface area contributed by atoms with E-state index in [0.29, 0.717) is 6.04 Å². The maximum absolute atomic E-state index is 3.81. The molecule has 0 amide bonds. The smallest absolute Gasteiger partial charge is 0.0634 e. The van der Waals surface area contributed by atoms with Crippen molar-refractivity contribution in [3.63, 3.8) is 0 Å². The van der Waals surface area contributed by atoms with Crippen molar-refractivity contribution in [3.05, 3.63) is 52.2 Å². The van der Waals surface area contributed by atoms with Gasteiger partial charge in [0.15, 0.2) is 0 Å². The number of aryl methyl sites for hydroxylation is 1. The molecule has 1 unspecified atom stereocenters. The summed E-state index contributed by atoms with van der Waals surface area (Å²) in [7, 11) is 0. The lowest BCUT2D eigenvalue weighted by Gasteiger charge is -2.20. The summed E-state index contributed by atoms with van der Waals surface area (Å²) in [6, 6.07) is 13.7. The molecule has 100 valence electrons. The van der Waals surface area contributed by atoms with E-state index in [2.05, 4.69) is 54.0 Å². The molecule has 1 aromatic heterocycles. The number of hydrogen-bond acceptors (Lipinski definition) is 2. The number of benzene rings is 1. The van der Waals surface area contributed by atoms with E-state index < -0.39 is 0 Å². The first-order valence-electron chi connectivity index (χ1n) is 7.26. The highest BCUT2D eigenvalue weighted by Crippen LogP contribution is 2.44. The summed E-state index contributed by atoms with van der Waals surface area (Å²) < 4.78 is 0. The van der Waals surface area contributed by atoms with Crippen LogP contribution in [0.3, 0.4) is 0 Å². The van der Waals surface area contributed by atoms with Crippen molar-refractivity contribution in [2.45, 2.75) is 38.6 Å². The van der Waals surface area contributed by atoms with Crippen molar-refractivity contribution in [2.24, 2.45) is 5.92 Å². The third-order valence-electron chi connectivity index (χ3n) is 3.79. The van der Waals surface area contributed by atoms with Crippen molar-refractivity contribution in [3.8, 4) is 0 Å². The van der Waals surface area contributed by atoms with Gasteiger partial charge in [-0.2, -0.15) is 0 Å². The van der Waals surface area contributed by atoms with E-state index in [1.54, 1.807) is 0 Å². The molecule has 1 aliphatic rings. The fraction of sp³-hybridized carbons (Fsp3) is 0.412. The zero-order valence-corrected chi connectivity index (χ0v) is 12.2. The van der Waals surface area contributed by atoms with E-state index in [1.165, 1.54) is 35.4 Å². The Balaban J connectivity index is 1.82. The van der Waals surface area contributed by atoms with Crippen LogP contribution in [0.4, 0.5) is 5.69 Å². The summed E-state index contributed by atoms with van der Waals surface area (Å²) in [5.74, 6) is 0.827. The van der Waals surface area contributed by atoms with E-state index in [9.17, 15) is 0 Å². The van der Waals surface area contributed by atoms with Crippen molar-refractivity contribution in [2.75, 3.05) is 5.32 Å². The number of anilines is 1. The first-order valence-corrected chi connectivity index (χ1v) is 8.14. The van der Waals surface area contributed by atoms with Crippen LogP contribution in [-0.4, -0.2) is 0 Å². The zero-order valence-electron chi connectivity index (χ0n) is 11.4. The Kier molecular flexibility index (Phi) is 3.88. The Morgan fingerprint density at radius 1 is 1.21 bits per heavy atom. The molecule has 1 heterocycles. The minimum Gasteiger partial charge on any atom is -0.377 e. The highest BCUT2D eigenvalue weighted by atomic mass is 32.1. The van der Waals surface area contributed by atoms with E-state index in [1.807, 2.05) is 11.3 Å². The summed E-state index contributed by atoms with van der Waals surface area (Å²) in [6.07, 6.45) is 5.09. The van der Waals surface area contributed by atoms with Gasteiger partial charge in [0.2, 0.25) is 0 Å². The zero-order chi connectivity index (χ0) is 13.1. The molecule has 2 heteroatoms. The third-order valence-corrected chi connectivity index (χ3v) is 4.75. The van der Waals surface area contributed by atoms with Gasteiger partial charge in [-0.15, -0.1) is 11.3 Å². The van der Waals surface area contributed by atoms with Gasteiger partial charge in [-0.05, 0) is 48.3 Å². The van der Waals surface area contributed by atoms with Crippen LogP contribution in [0.2, 0.25) is 0 Å². The van der Waals surface area contributed by atoms with Gasteiger partial charge in [-0.3, -0.25) is 0 Å². The van der Waals surface area contributed by atoms with Gasteiger partial charge in [-0.1, -0.05) is 37.6 Å². The molecule has 2 aromatic rings. The molecule has 1 nitrogen and oxygen atoms in total. The van der Waals surface area contributed by atoms with Crippen LogP contribution in [0.1, 0.15) is 42.7 Å². The van der Waals surface area contributed by atoms with Crippen LogP contribution >= 0.6 is 11.3 Å². The van der Waals surface area contributed by atoms with Gasteiger partial charge in [0.05, 0.1) is 6.04 Å². The molecule has 1 aromatic carbocycles. The monoisotopic (exact) mass is 271 g/mol. The van der Waals surface area contributed by atoms with Gasteiger partial charge in [0, 0.05) is 10.6 Å². The molecule has 1 aliphatic carbocycles. The van der Waals surface area contributed by atoms with Crippen molar-refractivity contribution >= 4 is 17.0 Å². The minimum atomic E-state index is 0.512. The average Bonchev–Trinajstić information content (AvgIpc) is 3.12. The molecule has 0 aliphatic heterocycles. The number of nitrogens with one attached hydrogen (secondary N) is 1. The lowest BCUT2D eigenvalue weighted by Crippen LogP contribution is -2.12. The molecule has 3 rings (SSSR count). The summed E-state index contributed by atoms with van der Waals surface area (Å²) in [5, 5.41) is 5.99. The van der Waals surface area contributed by atoms with E-state index in [-0.39, 0.29) is 0 Å². The third kappa shape index (κ3) is 3.01. The lowest BCUT2D eigenvalue weighted by molar-refractivity contribution is 0.689. The van der Waals surface area contributed by atoms with Gasteiger partial charge in [0.25, 0.3) is 0 Å². The average molecular weight is 271 g/mol. The molecule has 1 fully saturated rings. The number of rotatable bonds is 6. The van der Waals surface area contributed by atoms with E-state index in [4.69, 9.17) is 0 Å². The van der Waals surface area contributed by atoms with Gasteiger partial charge in [0.1, 0.15) is 0 Å². The largest absolute Gasteiger partial charge is 0.377 e. The van der Waals surface area contributed by atoms with Crippen LogP contribution in [-0.2, 0) is 6.42 Å². The minimum absolute atomic E-state index is 0.512. The predicted molar refractivity (Wildman–Crippen MR) is 83.8 cm³/mol. The maximum atomic E-state index is 3.81. The second kappa shape index (κ2) is 5.79. The molecule has 0 saturated heterocycles. The SMILES string of the molecule is CCCc1ccccc1NC(c1cccs1)C1CC1. The number of hydrogen-bond donors (Lipinski definition) is 1. The standard InChI is InChI=1S/C17H21NS/c1-2-6-13-7-3-4-8-15(13)18-17(14-10-11-14)16-9-5-12-19-16/h3-5,7-9,12,14,17-18H,2,6,10-11H2,1H3. The highest BCUT2D eigenvalue weighted by molar-refractivity contribution is 7.10. The fourth-order valence-corrected chi connectivity index (χ4v) is 3.50. The van der Waals surface area contributed by atoms with Crippen molar-refractivity contribution in [1.82, 2.24) is 0 Å². The molecule has 1 atom stereocenters. The Morgan fingerprint density at radius 3 is 2.74 bits per heavy atom. The molecule has 1 saturated carbocycles. The predicted octanol–water partition coefficient (Wildman–Crippen LogP) is 5.26. The molecule has 0 bridgehead atoms. The summed E-state index contributed by atoms with van der Waals surface area (Å²) in [6.45, 7) is 2.24. The van der Waals surface area contributed by atoms with E-state index >= 15 is 0 Å². The van der Waals surface area contributed by atoms with Crippen LogP contribution in [0.5, 0.6) is 0 Å². The normalized spacial score (nSPS) is 16.3. The second-order valence-electron chi connectivity index (χ2n) is 5.38. The molecule has 0 radical (unpaired) electrons. The summed E-state index contributed by atoms with van der Waals surface area (Å²) >= 11 is 1.88. The summed E-state index contributed by atoms with van der Waals surface area (Å²) in [4.78, 5) is 1.48. The number of thiophene rings is 1. The molecule has 1 N–H and O–H groups in total. The molecule has 0 spiro atoms. The Morgan fingerprint density at radius 2 is 2.05 bits per heavy atom. The van der Waals surface area contributed by atoms with Crippen LogP contribution in [0.15, 0.2) is 41.8 Å². The number of para-hydroxylation sites is 1. The van der Waals surface area contributed by atoms with E-state index in [0.717, 1.165) is 12.3 Å². The highest BCUT2D eigenvalue weighted by Gasteiger charge is 2.33.